The number of nitriles is 1. The Kier molecular flexibility index (Phi) is 4.48. The lowest BCUT2D eigenvalue weighted by Crippen LogP contribution is -2.17. The van der Waals surface area contributed by atoms with Crippen molar-refractivity contribution in [3.63, 3.8) is 0 Å². The Labute approximate surface area is 120 Å². The average Bonchev–Trinajstić information content (AvgIpc) is 2.85. The summed E-state index contributed by atoms with van der Waals surface area (Å²) in [6.45, 7) is 0. The molecule has 20 heavy (non-hydrogen) atoms. The molecule has 0 aliphatic heterocycles. The summed E-state index contributed by atoms with van der Waals surface area (Å²) in [6, 6.07) is 5.60. The van der Waals surface area contributed by atoms with E-state index in [9.17, 15) is 13.2 Å². The lowest BCUT2D eigenvalue weighted by atomic mass is 10.1. The summed E-state index contributed by atoms with van der Waals surface area (Å²) in [5, 5.41) is 12.5. The Bertz CT molecular complexity index is 522. The van der Waals surface area contributed by atoms with Gasteiger partial charge in [-0.25, -0.2) is 0 Å². The minimum Gasteiger partial charge on any atom is -0.382 e. The van der Waals surface area contributed by atoms with Gasteiger partial charge in [0.2, 0.25) is 0 Å². The molecule has 6 heteroatoms. The highest BCUT2D eigenvalue weighted by atomic mass is 32.2. The number of nitrogens with zero attached hydrogens (tertiary/aromatic N) is 1. The number of hydrogen-bond acceptors (Lipinski definition) is 3. The maximum Gasteiger partial charge on any atom is 0.417 e. The van der Waals surface area contributed by atoms with E-state index in [0.717, 1.165) is 25.3 Å². The molecule has 108 valence electrons. The Morgan fingerprint density at radius 3 is 2.65 bits per heavy atom. The van der Waals surface area contributed by atoms with Gasteiger partial charge in [0.1, 0.15) is 0 Å². The molecule has 1 aliphatic rings. The molecule has 1 aliphatic carbocycles. The first kappa shape index (κ1) is 15.0. The lowest BCUT2D eigenvalue weighted by Gasteiger charge is -2.16. The van der Waals surface area contributed by atoms with Crippen molar-refractivity contribution in [1.29, 1.82) is 5.26 Å². The molecular formula is C14H15F3N2S. The van der Waals surface area contributed by atoms with E-state index >= 15 is 0 Å². The quantitative estimate of drug-likeness (QED) is 0.905. The summed E-state index contributed by atoms with van der Waals surface area (Å²) in [5.41, 5.74) is -0.774. The van der Waals surface area contributed by atoms with Crippen LogP contribution in [0, 0.1) is 11.3 Å². The van der Waals surface area contributed by atoms with E-state index in [-0.39, 0.29) is 11.6 Å². The lowest BCUT2D eigenvalue weighted by molar-refractivity contribution is -0.137. The number of benzene rings is 1. The number of anilines is 1. The minimum atomic E-state index is -4.50. The van der Waals surface area contributed by atoms with Crippen LogP contribution in [-0.4, -0.2) is 17.5 Å². The van der Waals surface area contributed by atoms with Gasteiger partial charge in [0.15, 0.2) is 0 Å². The predicted molar refractivity (Wildman–Crippen MR) is 74.7 cm³/mol. The molecule has 2 nitrogen and oxygen atoms in total. The Morgan fingerprint density at radius 2 is 2.10 bits per heavy atom. The Morgan fingerprint density at radius 1 is 1.35 bits per heavy atom. The van der Waals surface area contributed by atoms with Crippen molar-refractivity contribution in [3.05, 3.63) is 29.3 Å². The third kappa shape index (κ3) is 3.40. The van der Waals surface area contributed by atoms with Crippen molar-refractivity contribution in [1.82, 2.24) is 0 Å². The van der Waals surface area contributed by atoms with Gasteiger partial charge in [-0.05, 0) is 43.7 Å². The Hall–Kier alpha value is -1.35. The SMILES string of the molecule is CSC1CCC(Nc2ccc(C#N)c(C(F)(F)F)c2)C1. The summed E-state index contributed by atoms with van der Waals surface area (Å²) in [4.78, 5) is 0. The molecule has 0 saturated heterocycles. The highest BCUT2D eigenvalue weighted by molar-refractivity contribution is 7.99. The number of hydrogen-bond donors (Lipinski definition) is 1. The summed E-state index contributed by atoms with van der Waals surface area (Å²) in [5.74, 6) is 0. The van der Waals surface area contributed by atoms with Crippen LogP contribution < -0.4 is 5.32 Å². The number of alkyl halides is 3. The van der Waals surface area contributed by atoms with Crippen molar-refractivity contribution < 1.29 is 13.2 Å². The van der Waals surface area contributed by atoms with Crippen LogP contribution in [0.5, 0.6) is 0 Å². The molecule has 2 atom stereocenters. The predicted octanol–water partition coefficient (Wildman–Crippen LogP) is 4.27. The molecule has 1 fully saturated rings. The fraction of sp³-hybridized carbons (Fsp3) is 0.500. The number of halogens is 3. The summed E-state index contributed by atoms with van der Waals surface area (Å²) in [6.07, 6.45) is 0.563. The van der Waals surface area contributed by atoms with Crippen LogP contribution in [0.4, 0.5) is 18.9 Å². The molecule has 0 bridgehead atoms. The fourth-order valence-electron chi connectivity index (χ4n) is 2.49. The van der Waals surface area contributed by atoms with E-state index in [1.807, 2.05) is 0 Å². The smallest absolute Gasteiger partial charge is 0.382 e. The summed E-state index contributed by atoms with van der Waals surface area (Å²) >= 11 is 1.80. The van der Waals surface area contributed by atoms with Crippen LogP contribution in [-0.2, 0) is 6.18 Å². The van der Waals surface area contributed by atoms with Gasteiger partial charge in [0, 0.05) is 17.0 Å². The van der Waals surface area contributed by atoms with Crippen LogP contribution >= 0.6 is 11.8 Å². The van der Waals surface area contributed by atoms with Crippen molar-refractivity contribution in [3.8, 4) is 6.07 Å². The zero-order valence-corrected chi connectivity index (χ0v) is 11.8. The average molecular weight is 300 g/mol. The van der Waals surface area contributed by atoms with Crippen molar-refractivity contribution in [2.24, 2.45) is 0 Å². The van der Waals surface area contributed by atoms with E-state index in [1.54, 1.807) is 23.9 Å². The number of nitrogens with one attached hydrogen (secondary N) is 1. The zero-order valence-electron chi connectivity index (χ0n) is 11.0. The van der Waals surface area contributed by atoms with Crippen molar-refractivity contribution in [2.75, 3.05) is 11.6 Å². The van der Waals surface area contributed by atoms with Crippen LogP contribution in [0.25, 0.3) is 0 Å². The van der Waals surface area contributed by atoms with Crippen molar-refractivity contribution >= 4 is 17.4 Å². The second kappa shape index (κ2) is 5.96. The molecule has 1 saturated carbocycles. The van der Waals surface area contributed by atoms with Gasteiger partial charge in [-0.1, -0.05) is 0 Å². The first-order chi connectivity index (χ1) is 9.44. The standard InChI is InChI=1S/C14H15F3N2S/c1-20-12-5-4-10(6-12)19-11-3-2-9(8-18)13(7-11)14(15,16)17/h2-3,7,10,12,19H,4-6H2,1H3. The molecule has 0 spiro atoms. The molecule has 0 heterocycles. The third-order valence-corrected chi connectivity index (χ3v) is 4.63. The number of rotatable bonds is 3. The maximum atomic E-state index is 12.9. The van der Waals surface area contributed by atoms with Crippen LogP contribution in [0.2, 0.25) is 0 Å². The normalized spacial score (nSPS) is 22.6. The molecule has 2 rings (SSSR count). The van der Waals surface area contributed by atoms with Crippen LogP contribution in [0.1, 0.15) is 30.4 Å². The van der Waals surface area contributed by atoms with Gasteiger partial charge in [-0.3, -0.25) is 0 Å². The van der Waals surface area contributed by atoms with Gasteiger partial charge in [-0.2, -0.15) is 30.2 Å². The first-order valence-electron chi connectivity index (χ1n) is 6.34. The summed E-state index contributed by atoms with van der Waals surface area (Å²) < 4.78 is 38.6. The Balaban J connectivity index is 2.16. The molecule has 1 aromatic carbocycles. The number of thioether (sulfide) groups is 1. The minimum absolute atomic E-state index is 0.210. The molecular weight excluding hydrogens is 285 g/mol. The molecule has 1 N–H and O–H groups in total. The van der Waals surface area contributed by atoms with E-state index in [1.165, 1.54) is 6.07 Å². The fourth-order valence-corrected chi connectivity index (χ4v) is 3.28. The van der Waals surface area contributed by atoms with Crippen LogP contribution in [0.15, 0.2) is 18.2 Å². The van der Waals surface area contributed by atoms with E-state index in [4.69, 9.17) is 5.26 Å². The molecule has 0 aromatic heterocycles. The van der Waals surface area contributed by atoms with E-state index in [0.29, 0.717) is 10.9 Å². The van der Waals surface area contributed by atoms with Gasteiger partial charge in [-0.15, -0.1) is 0 Å². The molecule has 0 radical (unpaired) electrons. The molecule has 2 unspecified atom stereocenters. The van der Waals surface area contributed by atoms with Gasteiger partial charge >= 0.3 is 6.18 Å². The largest absolute Gasteiger partial charge is 0.417 e. The first-order valence-corrected chi connectivity index (χ1v) is 7.63. The van der Waals surface area contributed by atoms with E-state index < -0.39 is 11.7 Å². The van der Waals surface area contributed by atoms with Crippen LogP contribution in [0.3, 0.4) is 0 Å². The van der Waals surface area contributed by atoms with Gasteiger partial charge in [0.25, 0.3) is 0 Å². The highest BCUT2D eigenvalue weighted by Crippen LogP contribution is 2.35. The third-order valence-electron chi connectivity index (χ3n) is 3.53. The highest BCUT2D eigenvalue weighted by Gasteiger charge is 2.34. The zero-order chi connectivity index (χ0) is 14.8. The summed E-state index contributed by atoms with van der Waals surface area (Å²) in [7, 11) is 0. The second-order valence-electron chi connectivity index (χ2n) is 4.88. The maximum absolute atomic E-state index is 12.9. The van der Waals surface area contributed by atoms with E-state index in [2.05, 4.69) is 11.6 Å². The second-order valence-corrected chi connectivity index (χ2v) is 6.02. The topological polar surface area (TPSA) is 35.8 Å². The molecule has 1 aromatic rings. The van der Waals surface area contributed by atoms with Crippen molar-refractivity contribution in [2.45, 2.75) is 36.7 Å². The van der Waals surface area contributed by atoms with Gasteiger partial charge in [0.05, 0.1) is 17.2 Å². The monoisotopic (exact) mass is 300 g/mol. The van der Waals surface area contributed by atoms with Gasteiger partial charge < -0.3 is 5.32 Å². The molecule has 0 amide bonds.